The highest BCUT2D eigenvalue weighted by Crippen LogP contribution is 2.20. The number of nitriles is 1. The zero-order valence-electron chi connectivity index (χ0n) is 13.2. The van der Waals surface area contributed by atoms with Crippen LogP contribution in [0.15, 0.2) is 24.3 Å². The molecule has 0 saturated carbocycles. The Morgan fingerprint density at radius 3 is 3.09 bits per heavy atom. The quantitative estimate of drug-likeness (QED) is 0.848. The first-order chi connectivity index (χ1) is 11.3. The lowest BCUT2D eigenvalue weighted by Crippen LogP contribution is -2.24. The Hall–Kier alpha value is -2.23. The molecule has 6 heteroatoms. The van der Waals surface area contributed by atoms with Gasteiger partial charge in [0.25, 0.3) is 0 Å². The van der Waals surface area contributed by atoms with Crippen molar-refractivity contribution in [1.29, 1.82) is 5.26 Å². The van der Waals surface area contributed by atoms with Crippen molar-refractivity contribution in [3.8, 4) is 17.5 Å². The number of hydrogen-bond donors (Lipinski definition) is 0. The number of aryl methyl sites for hydroxylation is 1. The van der Waals surface area contributed by atoms with Crippen LogP contribution in [0.2, 0.25) is 0 Å². The number of ether oxygens (including phenoxy) is 2. The fraction of sp³-hybridized carbons (Fsp3) is 0.471. The zero-order chi connectivity index (χ0) is 16.1. The van der Waals surface area contributed by atoms with E-state index in [2.05, 4.69) is 16.3 Å². The number of rotatable bonds is 5. The molecule has 0 bridgehead atoms. The summed E-state index contributed by atoms with van der Waals surface area (Å²) in [5.41, 5.74) is 1.50. The standard InChI is InChI=1S/C17H20N4O2/c1-13-19-20-17(15-6-4-5-14(11-15)12-18)21(13)8-10-23-16-7-2-3-9-22-16/h4-6,11,16H,2-3,7-10H2,1H3/t16-/m1/s1. The molecule has 1 saturated heterocycles. The normalized spacial score (nSPS) is 17.8. The largest absolute Gasteiger partial charge is 0.353 e. The van der Waals surface area contributed by atoms with Gasteiger partial charge in [0, 0.05) is 18.7 Å². The molecule has 23 heavy (non-hydrogen) atoms. The van der Waals surface area contributed by atoms with Gasteiger partial charge in [0.15, 0.2) is 12.1 Å². The van der Waals surface area contributed by atoms with Crippen molar-refractivity contribution in [2.24, 2.45) is 0 Å². The molecular weight excluding hydrogens is 292 g/mol. The van der Waals surface area contributed by atoms with E-state index in [9.17, 15) is 0 Å². The Morgan fingerprint density at radius 2 is 2.30 bits per heavy atom. The molecule has 0 spiro atoms. The van der Waals surface area contributed by atoms with Gasteiger partial charge >= 0.3 is 0 Å². The summed E-state index contributed by atoms with van der Waals surface area (Å²) in [6.07, 6.45) is 3.13. The highest BCUT2D eigenvalue weighted by molar-refractivity contribution is 5.58. The summed E-state index contributed by atoms with van der Waals surface area (Å²) in [5, 5.41) is 17.4. The van der Waals surface area contributed by atoms with E-state index in [1.54, 1.807) is 6.07 Å². The smallest absolute Gasteiger partial charge is 0.164 e. The Morgan fingerprint density at radius 1 is 1.39 bits per heavy atom. The van der Waals surface area contributed by atoms with Crippen LogP contribution in [0, 0.1) is 18.3 Å². The second-order valence-corrected chi connectivity index (χ2v) is 5.58. The van der Waals surface area contributed by atoms with Crippen LogP contribution < -0.4 is 0 Å². The maximum atomic E-state index is 9.04. The van der Waals surface area contributed by atoms with E-state index in [0.717, 1.165) is 43.1 Å². The fourth-order valence-electron chi connectivity index (χ4n) is 2.71. The van der Waals surface area contributed by atoms with Crippen molar-refractivity contribution in [3.63, 3.8) is 0 Å². The van der Waals surface area contributed by atoms with Crippen LogP contribution in [0.1, 0.15) is 30.7 Å². The van der Waals surface area contributed by atoms with Crippen LogP contribution in [0.25, 0.3) is 11.4 Å². The molecule has 0 radical (unpaired) electrons. The van der Waals surface area contributed by atoms with E-state index in [1.807, 2.05) is 29.7 Å². The number of aromatic nitrogens is 3. The van der Waals surface area contributed by atoms with Crippen molar-refractivity contribution in [2.45, 2.75) is 39.0 Å². The monoisotopic (exact) mass is 312 g/mol. The Kier molecular flexibility index (Phi) is 5.01. The number of nitrogens with zero attached hydrogens (tertiary/aromatic N) is 4. The lowest BCUT2D eigenvalue weighted by atomic mass is 10.1. The molecule has 2 aromatic rings. The zero-order valence-corrected chi connectivity index (χ0v) is 13.2. The molecule has 1 aromatic heterocycles. The Bertz CT molecular complexity index is 699. The SMILES string of the molecule is Cc1nnc(-c2cccc(C#N)c2)n1CCO[C@@H]1CCCCO1. The van der Waals surface area contributed by atoms with Crippen molar-refractivity contribution >= 4 is 0 Å². The van der Waals surface area contributed by atoms with Crippen LogP contribution in [0.3, 0.4) is 0 Å². The molecule has 120 valence electrons. The van der Waals surface area contributed by atoms with E-state index in [1.165, 1.54) is 0 Å². The van der Waals surface area contributed by atoms with E-state index in [4.69, 9.17) is 14.7 Å². The van der Waals surface area contributed by atoms with Crippen molar-refractivity contribution in [3.05, 3.63) is 35.7 Å². The third kappa shape index (κ3) is 3.76. The van der Waals surface area contributed by atoms with Gasteiger partial charge in [0.05, 0.1) is 18.2 Å². The van der Waals surface area contributed by atoms with Crippen LogP contribution in [0.4, 0.5) is 0 Å². The average molecular weight is 312 g/mol. The maximum Gasteiger partial charge on any atom is 0.164 e. The van der Waals surface area contributed by atoms with Gasteiger partial charge in [-0.3, -0.25) is 0 Å². The molecule has 1 aliphatic rings. The number of hydrogen-bond acceptors (Lipinski definition) is 5. The topological polar surface area (TPSA) is 73.0 Å². The highest BCUT2D eigenvalue weighted by Gasteiger charge is 2.15. The minimum atomic E-state index is -0.0918. The van der Waals surface area contributed by atoms with Gasteiger partial charge in [-0.15, -0.1) is 10.2 Å². The minimum absolute atomic E-state index is 0.0918. The Balaban J connectivity index is 1.69. The minimum Gasteiger partial charge on any atom is -0.353 e. The van der Waals surface area contributed by atoms with Gasteiger partial charge in [-0.1, -0.05) is 12.1 Å². The molecular formula is C17H20N4O2. The summed E-state index contributed by atoms with van der Waals surface area (Å²) in [4.78, 5) is 0. The first-order valence-electron chi connectivity index (χ1n) is 7.91. The molecule has 0 amide bonds. The molecule has 3 rings (SSSR count). The fourth-order valence-corrected chi connectivity index (χ4v) is 2.71. The molecule has 1 atom stereocenters. The Labute approximate surface area is 135 Å². The molecule has 1 fully saturated rings. The van der Waals surface area contributed by atoms with Crippen molar-refractivity contribution in [2.75, 3.05) is 13.2 Å². The van der Waals surface area contributed by atoms with Crippen LogP contribution in [0.5, 0.6) is 0 Å². The molecule has 1 aromatic carbocycles. The summed E-state index contributed by atoms with van der Waals surface area (Å²) in [7, 11) is 0. The van der Waals surface area contributed by atoms with Gasteiger partial charge in [0.1, 0.15) is 5.82 Å². The van der Waals surface area contributed by atoms with Gasteiger partial charge in [0.2, 0.25) is 0 Å². The van der Waals surface area contributed by atoms with Crippen LogP contribution >= 0.6 is 0 Å². The number of benzene rings is 1. The predicted octanol–water partition coefficient (Wildman–Crippen LogP) is 2.67. The van der Waals surface area contributed by atoms with Crippen molar-refractivity contribution < 1.29 is 9.47 Å². The molecule has 0 N–H and O–H groups in total. The third-order valence-corrected chi connectivity index (χ3v) is 3.94. The predicted molar refractivity (Wildman–Crippen MR) is 84.5 cm³/mol. The highest BCUT2D eigenvalue weighted by atomic mass is 16.7. The summed E-state index contributed by atoms with van der Waals surface area (Å²) in [6.45, 7) is 3.91. The lowest BCUT2D eigenvalue weighted by molar-refractivity contribution is -0.163. The first kappa shape index (κ1) is 15.7. The molecule has 0 unspecified atom stereocenters. The van der Waals surface area contributed by atoms with Gasteiger partial charge in [-0.25, -0.2) is 0 Å². The van der Waals surface area contributed by atoms with E-state index in [-0.39, 0.29) is 6.29 Å². The van der Waals surface area contributed by atoms with Gasteiger partial charge in [-0.05, 0) is 38.3 Å². The third-order valence-electron chi connectivity index (χ3n) is 3.94. The molecule has 6 nitrogen and oxygen atoms in total. The molecule has 0 aliphatic carbocycles. The second kappa shape index (κ2) is 7.36. The lowest BCUT2D eigenvalue weighted by Gasteiger charge is -2.23. The van der Waals surface area contributed by atoms with E-state index < -0.39 is 0 Å². The summed E-state index contributed by atoms with van der Waals surface area (Å²) in [6, 6.07) is 9.55. The van der Waals surface area contributed by atoms with Gasteiger partial charge in [-0.2, -0.15) is 5.26 Å². The summed E-state index contributed by atoms with van der Waals surface area (Å²) >= 11 is 0. The summed E-state index contributed by atoms with van der Waals surface area (Å²) < 4.78 is 13.4. The second-order valence-electron chi connectivity index (χ2n) is 5.58. The van der Waals surface area contributed by atoms with Gasteiger partial charge < -0.3 is 14.0 Å². The van der Waals surface area contributed by atoms with Crippen molar-refractivity contribution in [1.82, 2.24) is 14.8 Å². The summed E-state index contributed by atoms with van der Waals surface area (Å²) in [5.74, 6) is 1.59. The van der Waals surface area contributed by atoms with E-state index >= 15 is 0 Å². The maximum absolute atomic E-state index is 9.04. The average Bonchev–Trinajstić information content (AvgIpc) is 2.97. The molecule has 1 aliphatic heterocycles. The van der Waals surface area contributed by atoms with Crippen LogP contribution in [-0.4, -0.2) is 34.3 Å². The first-order valence-corrected chi connectivity index (χ1v) is 7.91. The van der Waals surface area contributed by atoms with E-state index in [0.29, 0.717) is 18.7 Å². The molecule has 2 heterocycles. The van der Waals surface area contributed by atoms with Crippen LogP contribution in [-0.2, 0) is 16.0 Å².